The van der Waals surface area contributed by atoms with Gasteiger partial charge in [0, 0.05) is 35.8 Å². The fourth-order valence-corrected chi connectivity index (χ4v) is 3.00. The molecule has 0 saturated carbocycles. The molecule has 2 heterocycles. The first kappa shape index (κ1) is 13.9. The summed E-state index contributed by atoms with van der Waals surface area (Å²) in [6.07, 6.45) is 7.45. The second-order valence-electron chi connectivity index (χ2n) is 5.67. The van der Waals surface area contributed by atoms with Gasteiger partial charge < -0.3 is 9.47 Å². The molecule has 1 aliphatic rings. The summed E-state index contributed by atoms with van der Waals surface area (Å²) >= 11 is 0. The van der Waals surface area contributed by atoms with E-state index >= 15 is 0 Å². The van der Waals surface area contributed by atoms with Crippen LogP contribution in [-0.4, -0.2) is 34.7 Å². The Balaban J connectivity index is 1.77. The number of fused-ring (bicyclic) bond motifs is 1. The first-order chi connectivity index (χ1) is 10.3. The number of carbonyl (C=O) groups is 2. The number of benzene rings is 1. The summed E-state index contributed by atoms with van der Waals surface area (Å²) in [6, 6.07) is 7.52. The normalized spacial score (nSPS) is 15.9. The van der Waals surface area contributed by atoms with Crippen LogP contribution in [0.2, 0.25) is 0 Å². The van der Waals surface area contributed by atoms with Crippen molar-refractivity contribution in [1.29, 1.82) is 0 Å². The highest BCUT2D eigenvalue weighted by atomic mass is 16.2. The molecule has 4 nitrogen and oxygen atoms in total. The quantitative estimate of drug-likeness (QED) is 0.813. The molecular weight excluding hydrogens is 264 g/mol. The second kappa shape index (κ2) is 6.12. The van der Waals surface area contributed by atoms with E-state index in [4.69, 9.17) is 0 Å². The Morgan fingerprint density at radius 1 is 1.10 bits per heavy atom. The third-order valence-electron chi connectivity index (χ3n) is 4.20. The number of hydrogen-bond donors (Lipinski definition) is 0. The number of aldehydes is 1. The SMILES string of the molecule is O=Cc1ccc2c(ccn2CC(=O)N2CCCCCC2)c1. The van der Waals surface area contributed by atoms with E-state index in [0.29, 0.717) is 12.1 Å². The maximum Gasteiger partial charge on any atom is 0.242 e. The van der Waals surface area contributed by atoms with E-state index in [0.717, 1.165) is 43.1 Å². The third kappa shape index (κ3) is 2.99. The van der Waals surface area contributed by atoms with Gasteiger partial charge in [-0.05, 0) is 37.1 Å². The number of aromatic nitrogens is 1. The van der Waals surface area contributed by atoms with Crippen molar-refractivity contribution < 1.29 is 9.59 Å². The maximum absolute atomic E-state index is 12.4. The Morgan fingerprint density at radius 2 is 1.86 bits per heavy atom. The van der Waals surface area contributed by atoms with Gasteiger partial charge in [-0.2, -0.15) is 0 Å². The average Bonchev–Trinajstić information content (AvgIpc) is 2.73. The van der Waals surface area contributed by atoms with Crippen molar-refractivity contribution >= 4 is 23.1 Å². The summed E-state index contributed by atoms with van der Waals surface area (Å²) in [4.78, 5) is 25.2. The zero-order chi connectivity index (χ0) is 14.7. The Hall–Kier alpha value is -2.10. The lowest BCUT2D eigenvalue weighted by molar-refractivity contribution is -0.131. The third-order valence-corrected chi connectivity index (χ3v) is 4.20. The van der Waals surface area contributed by atoms with Crippen LogP contribution >= 0.6 is 0 Å². The standard InChI is InChI=1S/C17H20N2O2/c20-13-14-5-6-16-15(11-14)7-10-19(16)12-17(21)18-8-3-1-2-4-9-18/h5-7,10-11,13H,1-4,8-9,12H2. The summed E-state index contributed by atoms with van der Waals surface area (Å²) in [6.45, 7) is 2.14. The summed E-state index contributed by atoms with van der Waals surface area (Å²) in [5, 5.41) is 1.00. The van der Waals surface area contributed by atoms with E-state index in [1.54, 1.807) is 6.07 Å². The molecule has 0 atom stereocenters. The lowest BCUT2D eigenvalue weighted by Gasteiger charge is -2.20. The highest BCUT2D eigenvalue weighted by molar-refractivity contribution is 5.88. The van der Waals surface area contributed by atoms with Gasteiger partial charge >= 0.3 is 0 Å². The van der Waals surface area contributed by atoms with Gasteiger partial charge in [-0.25, -0.2) is 0 Å². The predicted molar refractivity (Wildman–Crippen MR) is 82.4 cm³/mol. The predicted octanol–water partition coefficient (Wildman–Crippen LogP) is 2.86. The molecule has 0 bridgehead atoms. The van der Waals surface area contributed by atoms with Crippen LogP contribution in [0.1, 0.15) is 36.0 Å². The van der Waals surface area contributed by atoms with Crippen molar-refractivity contribution in [3.05, 3.63) is 36.0 Å². The van der Waals surface area contributed by atoms with E-state index in [9.17, 15) is 9.59 Å². The van der Waals surface area contributed by atoms with Crippen LogP contribution in [0, 0.1) is 0 Å². The van der Waals surface area contributed by atoms with Crippen LogP contribution in [-0.2, 0) is 11.3 Å². The van der Waals surface area contributed by atoms with Crippen molar-refractivity contribution in [3.63, 3.8) is 0 Å². The number of carbonyl (C=O) groups excluding carboxylic acids is 2. The van der Waals surface area contributed by atoms with Crippen LogP contribution in [0.15, 0.2) is 30.5 Å². The lowest BCUT2D eigenvalue weighted by Crippen LogP contribution is -2.34. The lowest BCUT2D eigenvalue weighted by atomic mass is 10.2. The van der Waals surface area contributed by atoms with Gasteiger partial charge in [0.25, 0.3) is 0 Å². The van der Waals surface area contributed by atoms with E-state index < -0.39 is 0 Å². The van der Waals surface area contributed by atoms with Crippen LogP contribution < -0.4 is 0 Å². The molecule has 0 spiro atoms. The summed E-state index contributed by atoms with van der Waals surface area (Å²) in [5.41, 5.74) is 1.67. The van der Waals surface area contributed by atoms with Crippen LogP contribution in [0.5, 0.6) is 0 Å². The van der Waals surface area contributed by atoms with Gasteiger partial charge in [0.05, 0.1) is 0 Å². The molecule has 1 fully saturated rings. The largest absolute Gasteiger partial charge is 0.341 e. The van der Waals surface area contributed by atoms with E-state index in [1.165, 1.54) is 12.8 Å². The highest BCUT2D eigenvalue weighted by Gasteiger charge is 2.16. The zero-order valence-corrected chi connectivity index (χ0v) is 12.1. The molecule has 21 heavy (non-hydrogen) atoms. The Morgan fingerprint density at radius 3 is 2.57 bits per heavy atom. The number of rotatable bonds is 3. The van der Waals surface area contributed by atoms with Gasteiger partial charge in [-0.1, -0.05) is 12.8 Å². The molecule has 0 N–H and O–H groups in total. The highest BCUT2D eigenvalue weighted by Crippen LogP contribution is 2.18. The first-order valence-corrected chi connectivity index (χ1v) is 7.60. The Kier molecular flexibility index (Phi) is 4.04. The van der Waals surface area contributed by atoms with Gasteiger partial charge in [-0.3, -0.25) is 9.59 Å². The van der Waals surface area contributed by atoms with Crippen LogP contribution in [0.3, 0.4) is 0 Å². The van der Waals surface area contributed by atoms with Crippen molar-refractivity contribution in [1.82, 2.24) is 9.47 Å². The van der Waals surface area contributed by atoms with E-state index in [1.807, 2.05) is 33.9 Å². The minimum Gasteiger partial charge on any atom is -0.341 e. The molecule has 1 amide bonds. The number of likely N-dealkylation sites (tertiary alicyclic amines) is 1. The topological polar surface area (TPSA) is 42.3 Å². The molecule has 2 aromatic rings. The zero-order valence-electron chi connectivity index (χ0n) is 12.1. The molecule has 0 aliphatic carbocycles. The Bertz CT molecular complexity index is 652. The molecular formula is C17H20N2O2. The van der Waals surface area contributed by atoms with Crippen molar-refractivity contribution in [2.45, 2.75) is 32.2 Å². The van der Waals surface area contributed by atoms with Crippen molar-refractivity contribution in [2.24, 2.45) is 0 Å². The molecule has 3 rings (SSSR count). The molecule has 0 unspecified atom stereocenters. The van der Waals surface area contributed by atoms with Gasteiger partial charge in [0.15, 0.2) is 0 Å². The fraction of sp³-hybridized carbons (Fsp3) is 0.412. The summed E-state index contributed by atoms with van der Waals surface area (Å²) < 4.78 is 1.97. The monoisotopic (exact) mass is 284 g/mol. The van der Waals surface area contributed by atoms with Crippen LogP contribution in [0.4, 0.5) is 0 Å². The van der Waals surface area contributed by atoms with Gasteiger partial charge in [-0.15, -0.1) is 0 Å². The van der Waals surface area contributed by atoms with E-state index in [-0.39, 0.29) is 5.91 Å². The molecule has 0 radical (unpaired) electrons. The minimum atomic E-state index is 0.189. The second-order valence-corrected chi connectivity index (χ2v) is 5.67. The first-order valence-electron chi connectivity index (χ1n) is 7.60. The molecule has 110 valence electrons. The fourth-order valence-electron chi connectivity index (χ4n) is 3.00. The summed E-state index contributed by atoms with van der Waals surface area (Å²) in [5.74, 6) is 0.189. The number of hydrogen-bond acceptors (Lipinski definition) is 2. The number of nitrogens with zero attached hydrogens (tertiary/aromatic N) is 2. The summed E-state index contributed by atoms with van der Waals surface area (Å²) in [7, 11) is 0. The Labute approximate surface area is 124 Å². The molecule has 1 saturated heterocycles. The maximum atomic E-state index is 12.4. The number of amides is 1. The van der Waals surface area contributed by atoms with Crippen LogP contribution in [0.25, 0.3) is 10.9 Å². The molecule has 4 heteroatoms. The van der Waals surface area contributed by atoms with Crippen molar-refractivity contribution in [3.8, 4) is 0 Å². The van der Waals surface area contributed by atoms with Gasteiger partial charge in [0.2, 0.25) is 5.91 Å². The van der Waals surface area contributed by atoms with Crippen molar-refractivity contribution in [2.75, 3.05) is 13.1 Å². The average molecular weight is 284 g/mol. The smallest absolute Gasteiger partial charge is 0.242 e. The minimum absolute atomic E-state index is 0.189. The molecule has 1 aromatic heterocycles. The van der Waals surface area contributed by atoms with Gasteiger partial charge in [0.1, 0.15) is 12.8 Å². The molecule has 1 aliphatic heterocycles. The van der Waals surface area contributed by atoms with E-state index in [2.05, 4.69) is 0 Å². The molecule has 1 aromatic carbocycles.